The lowest BCUT2D eigenvalue weighted by Gasteiger charge is -2.13. The number of nitrogens with zero attached hydrogens (tertiary/aromatic N) is 2. The minimum atomic E-state index is -0.936. The summed E-state index contributed by atoms with van der Waals surface area (Å²) in [7, 11) is 1.28. The van der Waals surface area contributed by atoms with E-state index in [0.29, 0.717) is 11.8 Å². The molecular weight excluding hydrogens is 356 g/mol. The van der Waals surface area contributed by atoms with Crippen LogP contribution >= 0.6 is 0 Å². The number of ether oxygens (including phenoxy) is 1. The standard InChI is InChI=1S/C19H15F2N3O3/c1-11-5-3-4-6-15(11)24-17(25)10-16(27-2)18(23-24)19(26)22-14-8-7-12(20)9-13(14)21/h3-10H,1-2H3,(H,22,26). The van der Waals surface area contributed by atoms with E-state index in [1.54, 1.807) is 31.2 Å². The van der Waals surface area contributed by atoms with Gasteiger partial charge in [-0.2, -0.15) is 9.78 Å². The number of anilines is 1. The van der Waals surface area contributed by atoms with Crippen LogP contribution in [0.5, 0.6) is 5.75 Å². The second kappa shape index (κ2) is 7.36. The number of aromatic nitrogens is 2. The van der Waals surface area contributed by atoms with Crippen molar-refractivity contribution in [2.45, 2.75) is 6.92 Å². The number of hydrogen-bond acceptors (Lipinski definition) is 4. The maximum atomic E-state index is 13.8. The third kappa shape index (κ3) is 3.69. The van der Waals surface area contributed by atoms with E-state index >= 15 is 0 Å². The van der Waals surface area contributed by atoms with E-state index < -0.39 is 23.1 Å². The zero-order chi connectivity index (χ0) is 19.6. The number of para-hydroxylation sites is 1. The average Bonchev–Trinajstić information content (AvgIpc) is 2.64. The SMILES string of the molecule is COc1cc(=O)n(-c2ccccc2C)nc1C(=O)Nc1ccc(F)cc1F. The predicted molar refractivity (Wildman–Crippen MR) is 95.4 cm³/mol. The summed E-state index contributed by atoms with van der Waals surface area (Å²) in [6.45, 7) is 1.79. The fraction of sp³-hybridized carbons (Fsp3) is 0.105. The zero-order valence-electron chi connectivity index (χ0n) is 14.5. The quantitative estimate of drug-likeness (QED) is 0.765. The maximum absolute atomic E-state index is 13.8. The summed E-state index contributed by atoms with van der Waals surface area (Å²) in [4.78, 5) is 24.9. The van der Waals surface area contributed by atoms with Gasteiger partial charge in [0.05, 0.1) is 24.6 Å². The Labute approximate surface area is 153 Å². The van der Waals surface area contributed by atoms with Crippen molar-refractivity contribution in [2.75, 3.05) is 12.4 Å². The van der Waals surface area contributed by atoms with Crippen molar-refractivity contribution in [1.29, 1.82) is 0 Å². The Hall–Kier alpha value is -3.55. The van der Waals surface area contributed by atoms with Gasteiger partial charge in [0.1, 0.15) is 11.6 Å². The normalized spacial score (nSPS) is 10.5. The van der Waals surface area contributed by atoms with Gasteiger partial charge in [0.2, 0.25) is 0 Å². The molecule has 0 saturated heterocycles. The van der Waals surface area contributed by atoms with Gasteiger partial charge >= 0.3 is 0 Å². The number of aryl methyl sites for hydroxylation is 1. The summed E-state index contributed by atoms with van der Waals surface area (Å²) in [6, 6.07) is 10.9. The Balaban J connectivity index is 2.06. The number of benzene rings is 2. The lowest BCUT2D eigenvalue weighted by Crippen LogP contribution is -2.26. The van der Waals surface area contributed by atoms with Crippen LogP contribution in [0.3, 0.4) is 0 Å². The van der Waals surface area contributed by atoms with Crippen LogP contribution in [0.25, 0.3) is 5.69 Å². The molecule has 1 amide bonds. The topological polar surface area (TPSA) is 73.2 Å². The molecule has 0 atom stereocenters. The monoisotopic (exact) mass is 371 g/mol. The summed E-state index contributed by atoms with van der Waals surface area (Å²) < 4.78 is 33.0. The van der Waals surface area contributed by atoms with Gasteiger partial charge in [-0.3, -0.25) is 9.59 Å². The van der Waals surface area contributed by atoms with Crippen molar-refractivity contribution in [3.8, 4) is 11.4 Å². The third-order valence-corrected chi connectivity index (χ3v) is 3.85. The minimum absolute atomic E-state index is 0.0649. The van der Waals surface area contributed by atoms with Crippen molar-refractivity contribution in [2.24, 2.45) is 0 Å². The number of methoxy groups -OCH3 is 1. The van der Waals surface area contributed by atoms with Crippen LogP contribution in [0.2, 0.25) is 0 Å². The molecule has 3 aromatic rings. The van der Waals surface area contributed by atoms with Crippen LogP contribution in [-0.2, 0) is 0 Å². The molecule has 0 saturated carbocycles. The Morgan fingerprint density at radius 1 is 1.15 bits per heavy atom. The van der Waals surface area contributed by atoms with Gasteiger partial charge in [-0.1, -0.05) is 18.2 Å². The highest BCUT2D eigenvalue weighted by molar-refractivity contribution is 6.04. The zero-order valence-corrected chi connectivity index (χ0v) is 14.5. The van der Waals surface area contributed by atoms with E-state index in [9.17, 15) is 18.4 Å². The van der Waals surface area contributed by atoms with E-state index in [-0.39, 0.29) is 17.1 Å². The van der Waals surface area contributed by atoms with E-state index in [0.717, 1.165) is 28.4 Å². The van der Waals surface area contributed by atoms with Crippen molar-refractivity contribution >= 4 is 11.6 Å². The van der Waals surface area contributed by atoms with Gasteiger partial charge in [0.15, 0.2) is 11.4 Å². The van der Waals surface area contributed by atoms with Crippen LogP contribution < -0.4 is 15.6 Å². The van der Waals surface area contributed by atoms with Crippen molar-refractivity contribution in [1.82, 2.24) is 9.78 Å². The number of carbonyl (C=O) groups excluding carboxylic acids is 1. The molecule has 0 fully saturated rings. The number of carbonyl (C=O) groups is 1. The molecule has 27 heavy (non-hydrogen) atoms. The lowest BCUT2D eigenvalue weighted by atomic mass is 10.2. The smallest absolute Gasteiger partial charge is 0.280 e. The molecule has 1 N–H and O–H groups in total. The second-order valence-corrected chi connectivity index (χ2v) is 5.68. The molecule has 0 aliphatic rings. The molecule has 8 heteroatoms. The average molecular weight is 371 g/mol. The largest absolute Gasteiger partial charge is 0.494 e. The van der Waals surface area contributed by atoms with E-state index in [2.05, 4.69) is 10.4 Å². The molecule has 0 bridgehead atoms. The fourth-order valence-electron chi connectivity index (χ4n) is 2.50. The predicted octanol–water partition coefficient (Wildman–Crippen LogP) is 3.08. The molecule has 1 heterocycles. The fourth-order valence-corrected chi connectivity index (χ4v) is 2.50. The number of hydrogen-bond donors (Lipinski definition) is 1. The Kier molecular flexibility index (Phi) is 4.98. The van der Waals surface area contributed by atoms with E-state index in [1.807, 2.05) is 0 Å². The number of nitrogens with one attached hydrogen (secondary N) is 1. The summed E-state index contributed by atoms with van der Waals surface area (Å²) in [6.07, 6.45) is 0. The minimum Gasteiger partial charge on any atom is -0.494 e. The van der Waals surface area contributed by atoms with Crippen LogP contribution in [0.1, 0.15) is 16.1 Å². The van der Waals surface area contributed by atoms with Gasteiger partial charge in [0, 0.05) is 6.07 Å². The summed E-state index contributed by atoms with van der Waals surface area (Å²) in [5.41, 5.74) is 0.328. The molecule has 2 aromatic carbocycles. The van der Waals surface area contributed by atoms with Gasteiger partial charge < -0.3 is 10.1 Å². The van der Waals surface area contributed by atoms with Crippen molar-refractivity contribution < 1.29 is 18.3 Å². The summed E-state index contributed by atoms with van der Waals surface area (Å²) >= 11 is 0. The van der Waals surface area contributed by atoms with Crippen LogP contribution in [0.4, 0.5) is 14.5 Å². The molecular formula is C19H15F2N3O3. The second-order valence-electron chi connectivity index (χ2n) is 5.68. The maximum Gasteiger partial charge on any atom is 0.280 e. The van der Waals surface area contributed by atoms with Gasteiger partial charge in [0.25, 0.3) is 11.5 Å². The van der Waals surface area contributed by atoms with Crippen LogP contribution in [-0.4, -0.2) is 22.8 Å². The van der Waals surface area contributed by atoms with Gasteiger partial charge in [-0.25, -0.2) is 8.78 Å². The molecule has 1 aromatic heterocycles. The van der Waals surface area contributed by atoms with Crippen molar-refractivity contribution in [3.05, 3.63) is 81.8 Å². The lowest BCUT2D eigenvalue weighted by molar-refractivity contribution is 0.101. The first-order valence-corrected chi connectivity index (χ1v) is 7.91. The first-order valence-electron chi connectivity index (χ1n) is 7.91. The summed E-state index contributed by atoms with van der Waals surface area (Å²) in [5, 5.41) is 6.39. The Bertz CT molecular complexity index is 1080. The molecule has 0 unspecified atom stereocenters. The number of halogens is 2. The van der Waals surface area contributed by atoms with E-state index in [4.69, 9.17) is 4.74 Å². The molecule has 0 radical (unpaired) electrons. The first kappa shape index (κ1) is 18.2. The number of amides is 1. The highest BCUT2D eigenvalue weighted by atomic mass is 19.1. The summed E-state index contributed by atoms with van der Waals surface area (Å²) in [5.74, 6) is -2.58. The number of rotatable bonds is 4. The van der Waals surface area contributed by atoms with Gasteiger partial charge in [-0.05, 0) is 30.7 Å². The van der Waals surface area contributed by atoms with E-state index in [1.165, 1.54) is 7.11 Å². The van der Waals surface area contributed by atoms with Gasteiger partial charge in [-0.15, -0.1) is 0 Å². The molecule has 0 aliphatic heterocycles. The van der Waals surface area contributed by atoms with Crippen molar-refractivity contribution in [3.63, 3.8) is 0 Å². The molecule has 3 rings (SSSR count). The van der Waals surface area contributed by atoms with Crippen LogP contribution in [0, 0.1) is 18.6 Å². The highest BCUT2D eigenvalue weighted by Crippen LogP contribution is 2.20. The Morgan fingerprint density at radius 2 is 1.89 bits per heavy atom. The highest BCUT2D eigenvalue weighted by Gasteiger charge is 2.20. The molecule has 0 spiro atoms. The molecule has 0 aliphatic carbocycles. The first-order chi connectivity index (χ1) is 12.9. The third-order valence-electron chi connectivity index (χ3n) is 3.85. The molecule has 138 valence electrons. The van der Waals surface area contributed by atoms with Crippen LogP contribution in [0.15, 0.2) is 53.3 Å². The Morgan fingerprint density at radius 3 is 2.56 bits per heavy atom. The molecule has 6 nitrogen and oxygen atoms in total.